The molecule has 0 aromatic heterocycles. The Labute approximate surface area is 123 Å². The van der Waals surface area contributed by atoms with Crippen LogP contribution >= 0.6 is 0 Å². The number of halogens is 3. The van der Waals surface area contributed by atoms with E-state index in [1.807, 2.05) is 14.1 Å². The molecule has 2 rings (SSSR count). The molecule has 3 N–H and O–H groups in total. The van der Waals surface area contributed by atoms with Gasteiger partial charge in [0.25, 0.3) is 0 Å². The number of nitrogens with one attached hydrogen (secondary N) is 1. The molecule has 1 unspecified atom stereocenters. The quantitative estimate of drug-likeness (QED) is 0.663. The van der Waals surface area contributed by atoms with Gasteiger partial charge in [0.2, 0.25) is 0 Å². The van der Waals surface area contributed by atoms with Gasteiger partial charge in [0.1, 0.15) is 0 Å². The van der Waals surface area contributed by atoms with Gasteiger partial charge in [-0.05, 0) is 44.6 Å². The summed E-state index contributed by atoms with van der Waals surface area (Å²) in [5.41, 5.74) is 2.83. The number of hydrogen-bond acceptors (Lipinski definition) is 3. The van der Waals surface area contributed by atoms with Crippen LogP contribution in [-0.4, -0.2) is 24.5 Å². The van der Waals surface area contributed by atoms with Crippen molar-refractivity contribution in [2.24, 2.45) is 5.84 Å². The van der Waals surface area contributed by atoms with Crippen molar-refractivity contribution in [3.63, 3.8) is 0 Å². The number of nitrogens with zero attached hydrogens (tertiary/aromatic N) is 1. The monoisotopic (exact) mass is 301 g/mol. The first kappa shape index (κ1) is 16.3. The Morgan fingerprint density at radius 3 is 2.05 bits per heavy atom. The number of likely N-dealkylation sites (N-methyl/N-ethyl adjacent to an activating group) is 1. The lowest BCUT2D eigenvalue weighted by Crippen LogP contribution is -2.53. The fourth-order valence-corrected chi connectivity index (χ4v) is 3.41. The van der Waals surface area contributed by atoms with Crippen molar-refractivity contribution in [3.8, 4) is 0 Å². The van der Waals surface area contributed by atoms with Crippen molar-refractivity contribution < 1.29 is 13.2 Å². The third-order valence-electron chi connectivity index (χ3n) is 4.64. The van der Waals surface area contributed by atoms with Crippen LogP contribution in [-0.2, 0) is 6.18 Å². The highest BCUT2D eigenvalue weighted by molar-refractivity contribution is 5.29. The topological polar surface area (TPSA) is 41.3 Å². The lowest BCUT2D eigenvalue weighted by atomic mass is 9.82. The van der Waals surface area contributed by atoms with Crippen molar-refractivity contribution in [1.82, 2.24) is 10.3 Å². The molecule has 1 aromatic rings. The third kappa shape index (κ3) is 3.07. The average molecular weight is 301 g/mol. The molecule has 1 fully saturated rings. The number of nitrogens with two attached hydrogens (primary N) is 1. The van der Waals surface area contributed by atoms with Gasteiger partial charge >= 0.3 is 6.18 Å². The van der Waals surface area contributed by atoms with Gasteiger partial charge in [0, 0.05) is 5.54 Å². The van der Waals surface area contributed by atoms with E-state index in [2.05, 4.69) is 10.3 Å². The molecule has 0 saturated heterocycles. The zero-order valence-electron chi connectivity index (χ0n) is 12.4. The smallest absolute Gasteiger partial charge is 0.302 e. The van der Waals surface area contributed by atoms with E-state index >= 15 is 0 Å². The molecule has 0 radical (unpaired) electrons. The average Bonchev–Trinajstić information content (AvgIpc) is 2.90. The Kier molecular flexibility index (Phi) is 4.60. The Morgan fingerprint density at radius 2 is 1.67 bits per heavy atom. The van der Waals surface area contributed by atoms with Crippen molar-refractivity contribution in [1.29, 1.82) is 0 Å². The van der Waals surface area contributed by atoms with E-state index in [0.717, 1.165) is 43.4 Å². The van der Waals surface area contributed by atoms with E-state index in [-0.39, 0.29) is 11.6 Å². The van der Waals surface area contributed by atoms with Crippen LogP contribution in [0.1, 0.15) is 42.9 Å². The second kappa shape index (κ2) is 5.94. The Balaban J connectivity index is 2.33. The van der Waals surface area contributed by atoms with Crippen molar-refractivity contribution in [3.05, 3.63) is 35.4 Å². The largest absolute Gasteiger partial charge is 0.416 e. The molecule has 118 valence electrons. The maximum Gasteiger partial charge on any atom is 0.416 e. The molecule has 0 spiro atoms. The van der Waals surface area contributed by atoms with Crippen LogP contribution in [0, 0.1) is 0 Å². The van der Waals surface area contributed by atoms with Gasteiger partial charge in [0.05, 0.1) is 11.6 Å². The van der Waals surface area contributed by atoms with Gasteiger partial charge < -0.3 is 4.90 Å². The molecule has 0 aliphatic heterocycles. The molecule has 3 nitrogen and oxygen atoms in total. The van der Waals surface area contributed by atoms with Crippen molar-refractivity contribution in [2.75, 3.05) is 14.1 Å². The lowest BCUT2D eigenvalue weighted by Gasteiger charge is -2.43. The minimum atomic E-state index is -4.31. The van der Waals surface area contributed by atoms with Gasteiger partial charge in [-0.15, -0.1) is 0 Å². The summed E-state index contributed by atoms with van der Waals surface area (Å²) in [6, 6.07) is 5.11. The third-order valence-corrected chi connectivity index (χ3v) is 4.64. The maximum absolute atomic E-state index is 12.7. The van der Waals surface area contributed by atoms with Crippen LogP contribution in [0.25, 0.3) is 0 Å². The molecule has 1 aromatic carbocycles. The van der Waals surface area contributed by atoms with Gasteiger partial charge in [-0.2, -0.15) is 13.2 Å². The van der Waals surface area contributed by atoms with E-state index in [9.17, 15) is 13.2 Å². The Hall–Kier alpha value is -1.11. The summed E-state index contributed by atoms with van der Waals surface area (Å²) in [6.45, 7) is 0. The standard InChI is InChI=1S/C15H22F3N3/c1-21(2)14(9-3-4-10-14)13(20-19)11-5-7-12(8-6-11)15(16,17)18/h5-8,13,20H,3-4,9-10,19H2,1-2H3. The molecule has 1 atom stereocenters. The molecule has 6 heteroatoms. The highest BCUT2D eigenvalue weighted by atomic mass is 19.4. The van der Waals surface area contributed by atoms with E-state index in [0.29, 0.717) is 0 Å². The Bertz CT molecular complexity index is 462. The summed E-state index contributed by atoms with van der Waals surface area (Å²) in [7, 11) is 4.00. The summed E-state index contributed by atoms with van der Waals surface area (Å²) < 4.78 is 38.0. The fourth-order valence-electron chi connectivity index (χ4n) is 3.41. The van der Waals surface area contributed by atoms with Crippen LogP contribution < -0.4 is 11.3 Å². The summed E-state index contributed by atoms with van der Waals surface area (Å²) in [4.78, 5) is 2.14. The fraction of sp³-hybridized carbons (Fsp3) is 0.600. The number of benzene rings is 1. The molecule has 1 saturated carbocycles. The highest BCUT2D eigenvalue weighted by Crippen LogP contribution is 2.43. The number of alkyl halides is 3. The molecule has 1 aliphatic rings. The van der Waals surface area contributed by atoms with Crippen LogP contribution in [0.4, 0.5) is 13.2 Å². The van der Waals surface area contributed by atoms with Gasteiger partial charge in [-0.1, -0.05) is 25.0 Å². The lowest BCUT2D eigenvalue weighted by molar-refractivity contribution is -0.137. The molecular weight excluding hydrogens is 279 g/mol. The summed E-state index contributed by atoms with van der Waals surface area (Å²) in [6.07, 6.45) is -0.128. The molecule has 1 aliphatic carbocycles. The summed E-state index contributed by atoms with van der Waals surface area (Å²) in [5.74, 6) is 5.73. The van der Waals surface area contributed by atoms with E-state index in [1.165, 1.54) is 12.1 Å². The molecule has 0 bridgehead atoms. The predicted octanol–water partition coefficient (Wildman–Crippen LogP) is 3.08. The predicted molar refractivity (Wildman–Crippen MR) is 76.4 cm³/mol. The normalized spacial score (nSPS) is 20.0. The van der Waals surface area contributed by atoms with Crippen molar-refractivity contribution in [2.45, 2.75) is 43.4 Å². The maximum atomic E-state index is 12.7. The minimum absolute atomic E-state index is 0.144. The number of hydrazine groups is 1. The van der Waals surface area contributed by atoms with Crippen molar-refractivity contribution >= 4 is 0 Å². The van der Waals surface area contributed by atoms with Crippen LogP contribution in [0.3, 0.4) is 0 Å². The first-order valence-corrected chi connectivity index (χ1v) is 7.12. The van der Waals surface area contributed by atoms with E-state index in [4.69, 9.17) is 5.84 Å². The number of rotatable bonds is 4. The minimum Gasteiger partial charge on any atom is -0.302 e. The van der Waals surface area contributed by atoms with Crippen LogP contribution in [0.15, 0.2) is 24.3 Å². The summed E-state index contributed by atoms with van der Waals surface area (Å²) >= 11 is 0. The highest BCUT2D eigenvalue weighted by Gasteiger charge is 2.43. The van der Waals surface area contributed by atoms with Gasteiger partial charge in [-0.3, -0.25) is 11.3 Å². The van der Waals surface area contributed by atoms with Gasteiger partial charge in [-0.25, -0.2) is 0 Å². The van der Waals surface area contributed by atoms with E-state index < -0.39 is 11.7 Å². The first-order valence-electron chi connectivity index (χ1n) is 7.12. The first-order chi connectivity index (χ1) is 9.81. The van der Waals surface area contributed by atoms with Gasteiger partial charge in [0.15, 0.2) is 0 Å². The molecule has 0 heterocycles. The zero-order chi connectivity index (χ0) is 15.7. The molecule has 21 heavy (non-hydrogen) atoms. The van der Waals surface area contributed by atoms with Crippen LogP contribution in [0.5, 0.6) is 0 Å². The number of hydrogen-bond donors (Lipinski definition) is 2. The summed E-state index contributed by atoms with van der Waals surface area (Å²) in [5, 5.41) is 0. The zero-order valence-corrected chi connectivity index (χ0v) is 12.4. The molecular formula is C15H22F3N3. The second-order valence-electron chi connectivity index (χ2n) is 5.92. The Morgan fingerprint density at radius 1 is 1.14 bits per heavy atom. The van der Waals surface area contributed by atoms with Crippen LogP contribution in [0.2, 0.25) is 0 Å². The van der Waals surface area contributed by atoms with E-state index in [1.54, 1.807) is 0 Å². The molecule has 0 amide bonds. The SMILES string of the molecule is CN(C)C1(C(NN)c2ccc(C(F)(F)F)cc2)CCCC1. The second-order valence-corrected chi connectivity index (χ2v) is 5.92.